The Bertz CT molecular complexity index is 198. The van der Waals surface area contributed by atoms with E-state index in [-0.39, 0.29) is 0 Å². The molecule has 1 spiro atoms. The van der Waals surface area contributed by atoms with E-state index in [1.165, 1.54) is 38.8 Å². The molecule has 1 aliphatic heterocycles. The molecule has 0 aromatic heterocycles. The van der Waals surface area contributed by atoms with Crippen molar-refractivity contribution in [2.75, 3.05) is 31.9 Å². The normalized spacial score (nSPS) is 38.6. The third kappa shape index (κ3) is 2.10. The molecule has 2 fully saturated rings. The van der Waals surface area contributed by atoms with Gasteiger partial charge in [0.25, 0.3) is 0 Å². The van der Waals surface area contributed by atoms with Crippen LogP contribution >= 0.6 is 12.6 Å². The lowest BCUT2D eigenvalue weighted by Gasteiger charge is -2.24. The summed E-state index contributed by atoms with van der Waals surface area (Å²) in [5, 5.41) is 0. The van der Waals surface area contributed by atoms with Gasteiger partial charge in [-0.1, -0.05) is 0 Å². The van der Waals surface area contributed by atoms with Gasteiger partial charge < -0.3 is 10.6 Å². The van der Waals surface area contributed by atoms with Gasteiger partial charge in [-0.2, -0.15) is 12.6 Å². The standard InChI is InChI=1S/C11H22N2S/c12-4-6-13-5-3-11(9-13)2-1-10(7-11)8-14/h10,14H,1-9,12H2. The van der Waals surface area contributed by atoms with Crippen molar-refractivity contribution in [3.63, 3.8) is 0 Å². The van der Waals surface area contributed by atoms with Crippen LogP contribution in [0, 0.1) is 11.3 Å². The number of rotatable bonds is 3. The van der Waals surface area contributed by atoms with Crippen LogP contribution in [0.1, 0.15) is 25.7 Å². The predicted molar refractivity (Wildman–Crippen MR) is 63.7 cm³/mol. The molecule has 82 valence electrons. The quantitative estimate of drug-likeness (QED) is 0.695. The molecule has 0 radical (unpaired) electrons. The number of hydrogen-bond donors (Lipinski definition) is 2. The Morgan fingerprint density at radius 2 is 2.29 bits per heavy atom. The summed E-state index contributed by atoms with van der Waals surface area (Å²) >= 11 is 4.42. The maximum Gasteiger partial charge on any atom is 0.0105 e. The van der Waals surface area contributed by atoms with Crippen LogP contribution in [0.2, 0.25) is 0 Å². The van der Waals surface area contributed by atoms with Crippen molar-refractivity contribution < 1.29 is 0 Å². The lowest BCUT2D eigenvalue weighted by molar-refractivity contribution is 0.260. The SMILES string of the molecule is NCCN1CCC2(CCC(CS)C2)C1. The molecule has 1 saturated heterocycles. The summed E-state index contributed by atoms with van der Waals surface area (Å²) < 4.78 is 0. The molecule has 14 heavy (non-hydrogen) atoms. The highest BCUT2D eigenvalue weighted by molar-refractivity contribution is 7.80. The molecule has 2 aliphatic rings. The van der Waals surface area contributed by atoms with Crippen LogP contribution in [0.5, 0.6) is 0 Å². The zero-order valence-electron chi connectivity index (χ0n) is 8.91. The first-order valence-corrected chi connectivity index (χ1v) is 6.44. The van der Waals surface area contributed by atoms with Crippen molar-refractivity contribution in [1.82, 2.24) is 4.90 Å². The molecule has 0 amide bonds. The Morgan fingerprint density at radius 1 is 1.43 bits per heavy atom. The van der Waals surface area contributed by atoms with Gasteiger partial charge in [0.05, 0.1) is 0 Å². The molecule has 2 nitrogen and oxygen atoms in total. The molecule has 0 bridgehead atoms. The maximum atomic E-state index is 5.60. The van der Waals surface area contributed by atoms with Gasteiger partial charge in [0, 0.05) is 19.6 Å². The monoisotopic (exact) mass is 214 g/mol. The zero-order chi connectivity index (χ0) is 10.0. The van der Waals surface area contributed by atoms with Crippen molar-refractivity contribution in [3.8, 4) is 0 Å². The molecule has 3 heteroatoms. The first kappa shape index (κ1) is 10.8. The smallest absolute Gasteiger partial charge is 0.0105 e. The minimum absolute atomic E-state index is 0.655. The Morgan fingerprint density at radius 3 is 2.93 bits per heavy atom. The fourth-order valence-electron chi connectivity index (χ4n) is 3.25. The Hall–Kier alpha value is 0.270. The van der Waals surface area contributed by atoms with Gasteiger partial charge in [-0.3, -0.25) is 0 Å². The molecule has 0 aromatic rings. The molecule has 0 aromatic carbocycles. The number of hydrogen-bond acceptors (Lipinski definition) is 3. The Balaban J connectivity index is 1.87. The van der Waals surface area contributed by atoms with Crippen LogP contribution in [0.15, 0.2) is 0 Å². The molecule has 1 saturated carbocycles. The van der Waals surface area contributed by atoms with E-state index < -0.39 is 0 Å². The lowest BCUT2D eigenvalue weighted by Crippen LogP contribution is -2.30. The second kappa shape index (κ2) is 4.42. The van der Waals surface area contributed by atoms with Crippen LogP contribution in [0.3, 0.4) is 0 Å². The van der Waals surface area contributed by atoms with Crippen LogP contribution in [-0.2, 0) is 0 Å². The third-order valence-electron chi connectivity index (χ3n) is 4.03. The lowest BCUT2D eigenvalue weighted by atomic mass is 9.85. The van der Waals surface area contributed by atoms with Crippen LogP contribution < -0.4 is 5.73 Å². The summed E-state index contributed by atoms with van der Waals surface area (Å²) in [6, 6.07) is 0. The predicted octanol–water partition coefficient (Wildman–Crippen LogP) is 1.37. The van der Waals surface area contributed by atoms with Gasteiger partial charge in [-0.15, -0.1) is 0 Å². The molecule has 2 rings (SSSR count). The van der Waals surface area contributed by atoms with Gasteiger partial charge in [-0.05, 0) is 49.3 Å². The van der Waals surface area contributed by atoms with Crippen LogP contribution in [0.25, 0.3) is 0 Å². The maximum absolute atomic E-state index is 5.60. The summed E-state index contributed by atoms with van der Waals surface area (Å²) in [6.45, 7) is 4.48. The number of likely N-dealkylation sites (tertiary alicyclic amines) is 1. The second-order valence-electron chi connectivity index (χ2n) is 5.11. The summed E-state index contributed by atoms with van der Waals surface area (Å²) in [6.07, 6.45) is 5.65. The highest BCUT2D eigenvalue weighted by atomic mass is 32.1. The van der Waals surface area contributed by atoms with Crippen LogP contribution in [-0.4, -0.2) is 36.8 Å². The summed E-state index contributed by atoms with van der Waals surface area (Å²) in [5.74, 6) is 1.97. The van der Waals surface area contributed by atoms with E-state index in [1.54, 1.807) is 0 Å². The summed E-state index contributed by atoms with van der Waals surface area (Å²) in [7, 11) is 0. The first-order valence-electron chi connectivity index (χ1n) is 5.81. The molecular weight excluding hydrogens is 192 g/mol. The molecule has 1 heterocycles. The zero-order valence-corrected chi connectivity index (χ0v) is 9.81. The first-order chi connectivity index (χ1) is 6.78. The van der Waals surface area contributed by atoms with Gasteiger partial charge in [0.15, 0.2) is 0 Å². The van der Waals surface area contributed by atoms with Crippen molar-refractivity contribution in [1.29, 1.82) is 0 Å². The molecule has 2 N–H and O–H groups in total. The largest absolute Gasteiger partial charge is 0.329 e. The summed E-state index contributed by atoms with van der Waals surface area (Å²) in [5.41, 5.74) is 6.25. The van der Waals surface area contributed by atoms with E-state index in [9.17, 15) is 0 Å². The highest BCUT2D eigenvalue weighted by Crippen LogP contribution is 2.48. The van der Waals surface area contributed by atoms with Gasteiger partial charge in [0.2, 0.25) is 0 Å². The van der Waals surface area contributed by atoms with E-state index in [0.29, 0.717) is 5.41 Å². The number of nitrogens with zero attached hydrogens (tertiary/aromatic N) is 1. The number of nitrogens with two attached hydrogens (primary N) is 1. The molecule has 2 unspecified atom stereocenters. The van der Waals surface area contributed by atoms with E-state index in [2.05, 4.69) is 17.5 Å². The topological polar surface area (TPSA) is 29.3 Å². The molecule has 1 aliphatic carbocycles. The Labute approximate surface area is 92.6 Å². The minimum Gasteiger partial charge on any atom is -0.329 e. The Kier molecular flexibility index (Phi) is 3.40. The van der Waals surface area contributed by atoms with E-state index >= 15 is 0 Å². The minimum atomic E-state index is 0.655. The molecular formula is C11H22N2S. The fourth-order valence-corrected chi connectivity index (χ4v) is 3.57. The van der Waals surface area contributed by atoms with Crippen molar-refractivity contribution >= 4 is 12.6 Å². The van der Waals surface area contributed by atoms with E-state index in [4.69, 9.17) is 5.73 Å². The average molecular weight is 214 g/mol. The van der Waals surface area contributed by atoms with Crippen LogP contribution in [0.4, 0.5) is 0 Å². The van der Waals surface area contributed by atoms with Crippen molar-refractivity contribution in [3.05, 3.63) is 0 Å². The van der Waals surface area contributed by atoms with Gasteiger partial charge in [0.1, 0.15) is 0 Å². The van der Waals surface area contributed by atoms with Crippen molar-refractivity contribution in [2.45, 2.75) is 25.7 Å². The summed E-state index contributed by atoms with van der Waals surface area (Å²) in [4.78, 5) is 2.54. The van der Waals surface area contributed by atoms with E-state index in [1.807, 2.05) is 0 Å². The van der Waals surface area contributed by atoms with Gasteiger partial charge >= 0.3 is 0 Å². The van der Waals surface area contributed by atoms with Gasteiger partial charge in [-0.25, -0.2) is 0 Å². The van der Waals surface area contributed by atoms with E-state index in [0.717, 1.165) is 24.8 Å². The molecule has 2 atom stereocenters. The van der Waals surface area contributed by atoms with Crippen molar-refractivity contribution in [2.24, 2.45) is 17.1 Å². The average Bonchev–Trinajstić information content (AvgIpc) is 2.76. The third-order valence-corrected chi connectivity index (χ3v) is 4.54. The fraction of sp³-hybridized carbons (Fsp3) is 1.00. The highest BCUT2D eigenvalue weighted by Gasteiger charge is 2.43. The number of thiol groups is 1. The second-order valence-corrected chi connectivity index (χ2v) is 5.47.